The van der Waals surface area contributed by atoms with Gasteiger partial charge in [-0.05, 0) is 33.9 Å². The lowest BCUT2D eigenvalue weighted by Gasteiger charge is -2.24. The van der Waals surface area contributed by atoms with Gasteiger partial charge in [-0.1, -0.05) is 0 Å². The lowest BCUT2D eigenvalue weighted by Crippen LogP contribution is -2.25. The van der Waals surface area contributed by atoms with Crippen LogP contribution < -0.4 is 5.43 Å². The maximum atomic E-state index is 12.0. The average molecular weight is 272 g/mol. The van der Waals surface area contributed by atoms with E-state index in [4.69, 9.17) is 0 Å². The van der Waals surface area contributed by atoms with Crippen molar-refractivity contribution in [1.29, 1.82) is 0 Å². The number of aromatic amines is 1. The SMILES string of the molecule is Cc1c[nH]c(CN(C)[C@H](C)c2ccncn2)c(C)c1=O. The minimum absolute atomic E-state index is 0.113. The van der Waals surface area contributed by atoms with E-state index >= 15 is 0 Å². The Labute approximate surface area is 118 Å². The first-order valence-corrected chi connectivity index (χ1v) is 6.64. The highest BCUT2D eigenvalue weighted by Crippen LogP contribution is 2.18. The summed E-state index contributed by atoms with van der Waals surface area (Å²) >= 11 is 0. The van der Waals surface area contributed by atoms with Gasteiger partial charge < -0.3 is 4.98 Å². The lowest BCUT2D eigenvalue weighted by atomic mass is 10.1. The van der Waals surface area contributed by atoms with Crippen LogP contribution in [0.5, 0.6) is 0 Å². The Kier molecular flexibility index (Phi) is 4.29. The van der Waals surface area contributed by atoms with Gasteiger partial charge >= 0.3 is 0 Å². The molecular weight excluding hydrogens is 252 g/mol. The van der Waals surface area contributed by atoms with E-state index in [-0.39, 0.29) is 11.5 Å². The van der Waals surface area contributed by atoms with Crippen molar-refractivity contribution in [3.05, 3.63) is 57.5 Å². The fourth-order valence-electron chi connectivity index (χ4n) is 2.13. The van der Waals surface area contributed by atoms with Crippen molar-refractivity contribution in [3.63, 3.8) is 0 Å². The number of aryl methyl sites for hydroxylation is 1. The zero-order valence-corrected chi connectivity index (χ0v) is 12.3. The van der Waals surface area contributed by atoms with Gasteiger partial charge in [0.05, 0.1) is 5.69 Å². The standard InChI is InChI=1S/C15H20N4O/c1-10-7-17-14(11(2)15(10)20)8-19(4)12(3)13-5-6-16-9-18-13/h5-7,9,12H,8H2,1-4H3,(H,17,20)/t12-/m1/s1. The Balaban J connectivity index is 2.18. The summed E-state index contributed by atoms with van der Waals surface area (Å²) in [6, 6.07) is 2.06. The molecule has 0 aliphatic carbocycles. The molecule has 0 spiro atoms. The van der Waals surface area contributed by atoms with Crippen molar-refractivity contribution in [2.45, 2.75) is 33.4 Å². The highest BCUT2D eigenvalue weighted by atomic mass is 16.1. The van der Waals surface area contributed by atoms with E-state index in [0.29, 0.717) is 6.54 Å². The molecule has 5 heteroatoms. The van der Waals surface area contributed by atoms with Gasteiger partial charge in [-0.15, -0.1) is 0 Å². The number of nitrogens with one attached hydrogen (secondary N) is 1. The van der Waals surface area contributed by atoms with Crippen LogP contribution in [0.1, 0.15) is 35.5 Å². The summed E-state index contributed by atoms with van der Waals surface area (Å²) in [5.41, 5.74) is 3.56. The van der Waals surface area contributed by atoms with Crippen LogP contribution >= 0.6 is 0 Å². The highest BCUT2D eigenvalue weighted by molar-refractivity contribution is 5.23. The third-order valence-electron chi connectivity index (χ3n) is 3.72. The van der Waals surface area contributed by atoms with E-state index in [2.05, 4.69) is 26.8 Å². The minimum atomic E-state index is 0.113. The normalized spacial score (nSPS) is 12.7. The van der Waals surface area contributed by atoms with Crippen molar-refractivity contribution in [2.24, 2.45) is 0 Å². The van der Waals surface area contributed by atoms with Crippen LogP contribution in [0.4, 0.5) is 0 Å². The van der Waals surface area contributed by atoms with E-state index in [9.17, 15) is 4.79 Å². The first-order valence-electron chi connectivity index (χ1n) is 6.64. The third kappa shape index (κ3) is 2.93. The summed E-state index contributed by atoms with van der Waals surface area (Å²) < 4.78 is 0. The first kappa shape index (κ1) is 14.4. The predicted octanol–water partition coefficient (Wildman–Crippen LogP) is 1.97. The molecule has 20 heavy (non-hydrogen) atoms. The van der Waals surface area contributed by atoms with Crippen molar-refractivity contribution in [2.75, 3.05) is 7.05 Å². The molecule has 0 unspecified atom stereocenters. The predicted molar refractivity (Wildman–Crippen MR) is 78.5 cm³/mol. The number of hydrogen-bond donors (Lipinski definition) is 1. The largest absolute Gasteiger partial charge is 0.363 e. The number of rotatable bonds is 4. The molecule has 1 atom stereocenters. The van der Waals surface area contributed by atoms with Crippen molar-refractivity contribution in [1.82, 2.24) is 19.9 Å². The monoisotopic (exact) mass is 272 g/mol. The molecule has 0 aromatic carbocycles. The number of hydrogen-bond acceptors (Lipinski definition) is 4. The van der Waals surface area contributed by atoms with Gasteiger partial charge in [0.1, 0.15) is 6.33 Å². The number of nitrogens with zero attached hydrogens (tertiary/aromatic N) is 3. The van der Waals surface area contributed by atoms with E-state index in [1.807, 2.05) is 27.0 Å². The lowest BCUT2D eigenvalue weighted by molar-refractivity contribution is 0.245. The summed E-state index contributed by atoms with van der Waals surface area (Å²) in [7, 11) is 2.02. The zero-order chi connectivity index (χ0) is 14.7. The van der Waals surface area contributed by atoms with Crippen LogP contribution in [-0.4, -0.2) is 26.9 Å². The molecule has 2 aromatic rings. The summed E-state index contributed by atoms with van der Waals surface area (Å²) in [4.78, 5) is 25.5. The molecule has 0 saturated heterocycles. The van der Waals surface area contributed by atoms with E-state index in [0.717, 1.165) is 22.5 Å². The second-order valence-electron chi connectivity index (χ2n) is 5.13. The molecule has 5 nitrogen and oxygen atoms in total. The van der Waals surface area contributed by atoms with Gasteiger partial charge in [0.25, 0.3) is 0 Å². The molecule has 0 radical (unpaired) electrons. The van der Waals surface area contributed by atoms with Gasteiger partial charge in [0, 0.05) is 41.8 Å². The fraction of sp³-hybridized carbons (Fsp3) is 0.400. The van der Waals surface area contributed by atoms with Crippen molar-refractivity contribution < 1.29 is 0 Å². The molecule has 2 heterocycles. The minimum Gasteiger partial charge on any atom is -0.363 e. The molecular formula is C15H20N4O. The maximum Gasteiger partial charge on any atom is 0.187 e. The Morgan fingerprint density at radius 3 is 2.80 bits per heavy atom. The maximum absolute atomic E-state index is 12.0. The summed E-state index contributed by atoms with van der Waals surface area (Å²) in [5, 5.41) is 0. The molecule has 0 fully saturated rings. The second-order valence-corrected chi connectivity index (χ2v) is 5.13. The first-order chi connectivity index (χ1) is 9.50. The summed E-state index contributed by atoms with van der Waals surface area (Å²) in [6.45, 7) is 6.45. The molecule has 0 aliphatic rings. The van der Waals surface area contributed by atoms with Crippen LogP contribution in [0, 0.1) is 13.8 Å². The molecule has 2 aromatic heterocycles. The molecule has 0 bridgehead atoms. The highest BCUT2D eigenvalue weighted by Gasteiger charge is 2.15. The van der Waals surface area contributed by atoms with E-state index in [1.54, 1.807) is 18.7 Å². The van der Waals surface area contributed by atoms with Crippen molar-refractivity contribution >= 4 is 0 Å². The smallest absolute Gasteiger partial charge is 0.187 e. The Hall–Kier alpha value is -2.01. The second kappa shape index (κ2) is 5.96. The van der Waals surface area contributed by atoms with E-state index in [1.165, 1.54) is 0 Å². The van der Waals surface area contributed by atoms with Crippen LogP contribution in [0.2, 0.25) is 0 Å². The van der Waals surface area contributed by atoms with Gasteiger partial charge in [0.15, 0.2) is 5.43 Å². The molecule has 0 amide bonds. The Bertz CT molecular complexity index is 636. The average Bonchev–Trinajstić information content (AvgIpc) is 2.48. The van der Waals surface area contributed by atoms with Crippen LogP contribution in [-0.2, 0) is 6.54 Å². The summed E-state index contributed by atoms with van der Waals surface area (Å²) in [6.07, 6.45) is 5.07. The molecule has 0 aliphatic heterocycles. The van der Waals surface area contributed by atoms with Gasteiger partial charge in [0.2, 0.25) is 0 Å². The molecule has 0 saturated carbocycles. The number of pyridine rings is 1. The molecule has 106 valence electrons. The van der Waals surface area contributed by atoms with Crippen LogP contribution in [0.25, 0.3) is 0 Å². The van der Waals surface area contributed by atoms with Crippen LogP contribution in [0.15, 0.2) is 29.6 Å². The topological polar surface area (TPSA) is 61.9 Å². The van der Waals surface area contributed by atoms with Gasteiger partial charge in [-0.25, -0.2) is 9.97 Å². The fourth-order valence-corrected chi connectivity index (χ4v) is 2.13. The van der Waals surface area contributed by atoms with E-state index < -0.39 is 0 Å². The Morgan fingerprint density at radius 2 is 2.15 bits per heavy atom. The number of H-pyrrole nitrogens is 1. The quantitative estimate of drug-likeness (QED) is 0.924. The van der Waals surface area contributed by atoms with Gasteiger partial charge in [-0.3, -0.25) is 9.69 Å². The zero-order valence-electron chi connectivity index (χ0n) is 12.3. The third-order valence-corrected chi connectivity index (χ3v) is 3.72. The summed E-state index contributed by atoms with van der Waals surface area (Å²) in [5.74, 6) is 0. The Morgan fingerprint density at radius 1 is 1.40 bits per heavy atom. The van der Waals surface area contributed by atoms with Crippen molar-refractivity contribution in [3.8, 4) is 0 Å². The van der Waals surface area contributed by atoms with Gasteiger partial charge in [-0.2, -0.15) is 0 Å². The number of aromatic nitrogens is 3. The molecule has 2 rings (SSSR count). The molecule has 1 N–H and O–H groups in total. The van der Waals surface area contributed by atoms with Crippen LogP contribution in [0.3, 0.4) is 0 Å².